The molecule has 36 heavy (non-hydrogen) atoms. The van der Waals surface area contributed by atoms with Crippen molar-refractivity contribution in [1.82, 2.24) is 0 Å². The first-order chi connectivity index (χ1) is 17.7. The summed E-state index contributed by atoms with van der Waals surface area (Å²) in [6, 6.07) is 0. The smallest absolute Gasteiger partial charge is 0.305 e. The van der Waals surface area contributed by atoms with E-state index in [1.165, 1.54) is 141 Å². The molecule has 0 aromatic heterocycles. The van der Waals surface area contributed by atoms with E-state index in [1.807, 2.05) is 0 Å². The van der Waals surface area contributed by atoms with Crippen LogP contribution in [0.5, 0.6) is 0 Å². The van der Waals surface area contributed by atoms with Crippen molar-refractivity contribution in [3.63, 3.8) is 0 Å². The molecule has 0 rings (SSSR count). The molecule has 0 aromatic rings. The van der Waals surface area contributed by atoms with E-state index < -0.39 is 5.97 Å². The van der Waals surface area contributed by atoms with Crippen molar-refractivity contribution in [3.05, 3.63) is 0 Å². The molecule has 0 heterocycles. The van der Waals surface area contributed by atoms with Gasteiger partial charge in [0, 0.05) is 12.8 Å². The molecule has 0 amide bonds. The first kappa shape index (κ1) is 34.9. The van der Waals surface area contributed by atoms with E-state index in [1.54, 1.807) is 0 Å². The van der Waals surface area contributed by atoms with Crippen LogP contribution in [0, 0.1) is 0 Å². The minimum absolute atomic E-state index is 0.00549. The molecule has 0 atom stereocenters. The fourth-order valence-electron chi connectivity index (χ4n) is 4.87. The van der Waals surface area contributed by atoms with E-state index in [0.29, 0.717) is 19.4 Å². The van der Waals surface area contributed by atoms with E-state index in [2.05, 4.69) is 6.92 Å². The van der Waals surface area contributed by atoms with Gasteiger partial charge in [0.15, 0.2) is 0 Å². The van der Waals surface area contributed by atoms with Crippen LogP contribution >= 0.6 is 0 Å². The number of unbranched alkanes of at least 4 members (excludes halogenated alkanes) is 24. The molecule has 0 spiro atoms. The summed E-state index contributed by atoms with van der Waals surface area (Å²) in [7, 11) is 0. The van der Waals surface area contributed by atoms with Crippen LogP contribution in [-0.4, -0.2) is 23.7 Å². The fraction of sp³-hybridized carbons (Fsp3) is 0.938. The topological polar surface area (TPSA) is 63.6 Å². The Kier molecular flexibility index (Phi) is 29.3. The van der Waals surface area contributed by atoms with Crippen LogP contribution in [0.15, 0.2) is 0 Å². The summed E-state index contributed by atoms with van der Waals surface area (Å²) in [5, 5.41) is 8.61. The number of ether oxygens (including phenoxy) is 1. The normalized spacial score (nSPS) is 11.1. The zero-order chi connectivity index (χ0) is 26.4. The number of rotatable bonds is 30. The molecule has 4 heteroatoms. The number of hydrogen-bond donors (Lipinski definition) is 1. The lowest BCUT2D eigenvalue weighted by Crippen LogP contribution is -2.05. The summed E-state index contributed by atoms with van der Waals surface area (Å²) >= 11 is 0. The Hall–Kier alpha value is -1.06. The van der Waals surface area contributed by atoms with Gasteiger partial charge in [-0.1, -0.05) is 155 Å². The van der Waals surface area contributed by atoms with E-state index in [0.717, 1.165) is 25.7 Å². The van der Waals surface area contributed by atoms with Crippen molar-refractivity contribution in [3.8, 4) is 0 Å². The molecule has 1 N–H and O–H groups in total. The lowest BCUT2D eigenvalue weighted by atomic mass is 10.0. The SMILES string of the molecule is CCCCCCCCCCCC(=O)OCCCCCCCCCCCCCCCCCCCC(=O)O. The highest BCUT2D eigenvalue weighted by atomic mass is 16.5. The van der Waals surface area contributed by atoms with Crippen LogP contribution in [0.1, 0.15) is 187 Å². The number of aliphatic carboxylic acids is 1. The van der Waals surface area contributed by atoms with Crippen LogP contribution in [0.2, 0.25) is 0 Å². The third-order valence-electron chi connectivity index (χ3n) is 7.28. The summed E-state index contributed by atoms with van der Waals surface area (Å²) in [5.41, 5.74) is 0. The quantitative estimate of drug-likeness (QED) is 0.0770. The number of carboxylic acids is 1. The fourth-order valence-corrected chi connectivity index (χ4v) is 4.87. The molecule has 4 nitrogen and oxygen atoms in total. The summed E-state index contributed by atoms with van der Waals surface area (Å²) in [6.45, 7) is 2.87. The van der Waals surface area contributed by atoms with Crippen molar-refractivity contribution < 1.29 is 19.4 Å². The Bertz CT molecular complexity index is 463. The molecular formula is C32H62O4. The maximum atomic E-state index is 11.8. The zero-order valence-electron chi connectivity index (χ0n) is 24.2. The average molecular weight is 511 g/mol. The lowest BCUT2D eigenvalue weighted by molar-refractivity contribution is -0.144. The third-order valence-corrected chi connectivity index (χ3v) is 7.28. The molecule has 0 aliphatic heterocycles. The van der Waals surface area contributed by atoms with Crippen LogP contribution < -0.4 is 0 Å². The number of carbonyl (C=O) groups excluding carboxylic acids is 1. The highest BCUT2D eigenvalue weighted by Crippen LogP contribution is 2.15. The number of hydrogen-bond acceptors (Lipinski definition) is 3. The van der Waals surface area contributed by atoms with E-state index in [9.17, 15) is 9.59 Å². The molecule has 0 radical (unpaired) electrons. The monoisotopic (exact) mass is 510 g/mol. The Morgan fingerprint density at radius 2 is 0.750 bits per heavy atom. The Morgan fingerprint density at radius 1 is 0.444 bits per heavy atom. The Morgan fingerprint density at radius 3 is 1.11 bits per heavy atom. The Labute approximate surface area is 224 Å². The van der Waals surface area contributed by atoms with Gasteiger partial charge < -0.3 is 9.84 Å². The van der Waals surface area contributed by atoms with Gasteiger partial charge >= 0.3 is 11.9 Å². The number of carbonyl (C=O) groups is 2. The van der Waals surface area contributed by atoms with Crippen molar-refractivity contribution in [2.75, 3.05) is 6.61 Å². The second kappa shape index (κ2) is 30.2. The van der Waals surface area contributed by atoms with Crippen LogP contribution in [0.3, 0.4) is 0 Å². The summed E-state index contributed by atoms with van der Waals surface area (Å²) < 4.78 is 5.39. The Balaban J connectivity index is 3.13. The number of esters is 1. The minimum atomic E-state index is -0.663. The lowest BCUT2D eigenvalue weighted by Gasteiger charge is -2.06. The van der Waals surface area contributed by atoms with Gasteiger partial charge in [-0.05, 0) is 19.3 Å². The van der Waals surface area contributed by atoms with Crippen molar-refractivity contribution in [2.24, 2.45) is 0 Å². The van der Waals surface area contributed by atoms with E-state index in [4.69, 9.17) is 9.84 Å². The van der Waals surface area contributed by atoms with Gasteiger partial charge in [0.1, 0.15) is 0 Å². The number of carboxylic acid groups (broad SMARTS) is 1. The maximum Gasteiger partial charge on any atom is 0.305 e. The van der Waals surface area contributed by atoms with Crippen LogP contribution in [0.4, 0.5) is 0 Å². The maximum absolute atomic E-state index is 11.8. The van der Waals surface area contributed by atoms with Gasteiger partial charge in [-0.3, -0.25) is 9.59 Å². The van der Waals surface area contributed by atoms with Crippen molar-refractivity contribution >= 4 is 11.9 Å². The molecule has 0 aliphatic carbocycles. The van der Waals surface area contributed by atoms with E-state index in [-0.39, 0.29) is 5.97 Å². The van der Waals surface area contributed by atoms with Crippen molar-refractivity contribution in [2.45, 2.75) is 187 Å². The first-order valence-corrected chi connectivity index (χ1v) is 16.0. The molecule has 0 unspecified atom stereocenters. The van der Waals surface area contributed by atoms with Gasteiger partial charge in [0.25, 0.3) is 0 Å². The largest absolute Gasteiger partial charge is 0.481 e. The van der Waals surface area contributed by atoms with Gasteiger partial charge in [-0.2, -0.15) is 0 Å². The molecule has 0 bridgehead atoms. The molecular weight excluding hydrogens is 448 g/mol. The van der Waals surface area contributed by atoms with Crippen LogP contribution in [-0.2, 0) is 14.3 Å². The highest BCUT2D eigenvalue weighted by Gasteiger charge is 2.03. The highest BCUT2D eigenvalue weighted by molar-refractivity contribution is 5.69. The van der Waals surface area contributed by atoms with Gasteiger partial charge in [0.05, 0.1) is 6.61 Å². The van der Waals surface area contributed by atoms with Gasteiger partial charge in [-0.25, -0.2) is 0 Å². The second-order valence-corrected chi connectivity index (χ2v) is 11.0. The molecule has 0 saturated heterocycles. The molecule has 214 valence electrons. The molecule has 0 aliphatic rings. The predicted octanol–water partition coefficient (Wildman–Crippen LogP) is 10.6. The summed E-state index contributed by atoms with van der Waals surface area (Å²) in [5.74, 6) is -0.657. The van der Waals surface area contributed by atoms with E-state index >= 15 is 0 Å². The standard InChI is InChI=1S/C32H62O4/c1-2-3-4-5-6-16-20-23-26-29-32(35)36-30-27-24-21-18-15-13-11-9-7-8-10-12-14-17-19-22-25-28-31(33)34/h2-30H2,1H3,(H,33,34). The third kappa shape index (κ3) is 31.0. The van der Waals surface area contributed by atoms with Crippen molar-refractivity contribution in [1.29, 1.82) is 0 Å². The second-order valence-electron chi connectivity index (χ2n) is 11.0. The molecule has 0 aromatic carbocycles. The van der Waals surface area contributed by atoms with Crippen LogP contribution in [0.25, 0.3) is 0 Å². The molecule has 0 fully saturated rings. The minimum Gasteiger partial charge on any atom is -0.481 e. The zero-order valence-corrected chi connectivity index (χ0v) is 24.2. The van der Waals surface area contributed by atoms with Gasteiger partial charge in [0.2, 0.25) is 0 Å². The molecule has 0 saturated carbocycles. The summed E-state index contributed by atoms with van der Waals surface area (Å²) in [6.07, 6.45) is 33.9. The average Bonchev–Trinajstić information content (AvgIpc) is 2.86. The van der Waals surface area contributed by atoms with Gasteiger partial charge in [-0.15, -0.1) is 0 Å². The first-order valence-electron chi connectivity index (χ1n) is 16.0. The summed E-state index contributed by atoms with van der Waals surface area (Å²) in [4.78, 5) is 22.3. The predicted molar refractivity (Wildman–Crippen MR) is 154 cm³/mol.